The summed E-state index contributed by atoms with van der Waals surface area (Å²) in [5, 5.41) is 9.13. The molecule has 3 aromatic carbocycles. The van der Waals surface area contributed by atoms with Gasteiger partial charge in [-0.15, -0.1) is 11.3 Å². The molecule has 3 amide bonds. The lowest BCUT2D eigenvalue weighted by Gasteiger charge is -2.10. The summed E-state index contributed by atoms with van der Waals surface area (Å²) >= 11 is 1.31. The first-order chi connectivity index (χ1) is 16.0. The van der Waals surface area contributed by atoms with Gasteiger partial charge >= 0.3 is 6.03 Å². The van der Waals surface area contributed by atoms with Gasteiger partial charge in [-0.3, -0.25) is 4.79 Å². The van der Waals surface area contributed by atoms with Crippen molar-refractivity contribution >= 4 is 40.3 Å². The Labute approximate surface area is 194 Å². The van der Waals surface area contributed by atoms with Crippen LogP contribution in [-0.2, 0) is 6.42 Å². The molecule has 8 heteroatoms. The molecule has 1 heterocycles. The van der Waals surface area contributed by atoms with Crippen LogP contribution in [0.2, 0.25) is 0 Å². The number of amides is 3. The summed E-state index contributed by atoms with van der Waals surface area (Å²) in [7, 11) is 0. The van der Waals surface area contributed by atoms with Crippen molar-refractivity contribution in [3.8, 4) is 0 Å². The lowest BCUT2D eigenvalue weighted by atomic mass is 10.1. The Morgan fingerprint density at radius 1 is 0.848 bits per heavy atom. The first kappa shape index (κ1) is 22.2. The number of para-hydroxylation sites is 1. The van der Waals surface area contributed by atoms with Crippen molar-refractivity contribution < 1.29 is 14.0 Å². The van der Waals surface area contributed by atoms with Crippen LogP contribution >= 0.6 is 11.3 Å². The van der Waals surface area contributed by atoms with Crippen LogP contribution < -0.4 is 16.0 Å². The van der Waals surface area contributed by atoms with Gasteiger partial charge in [0.05, 0.1) is 10.7 Å². The van der Waals surface area contributed by atoms with E-state index in [9.17, 15) is 14.0 Å². The molecule has 0 aliphatic carbocycles. The summed E-state index contributed by atoms with van der Waals surface area (Å²) in [6.07, 6.45) is 0.523. The molecule has 33 heavy (non-hydrogen) atoms. The lowest BCUT2D eigenvalue weighted by molar-refractivity contribution is 0.103. The lowest BCUT2D eigenvalue weighted by Crippen LogP contribution is -2.19. The molecule has 6 nitrogen and oxygen atoms in total. The molecule has 0 spiro atoms. The maximum Gasteiger partial charge on any atom is 0.323 e. The van der Waals surface area contributed by atoms with Crippen LogP contribution in [0.5, 0.6) is 0 Å². The van der Waals surface area contributed by atoms with Gasteiger partial charge in [0.25, 0.3) is 5.91 Å². The fraction of sp³-hybridized carbons (Fsp3) is 0.0800. The van der Waals surface area contributed by atoms with Crippen molar-refractivity contribution in [2.75, 3.05) is 16.0 Å². The Morgan fingerprint density at radius 3 is 2.21 bits per heavy atom. The second-order valence-electron chi connectivity index (χ2n) is 7.31. The topological polar surface area (TPSA) is 83.1 Å². The molecule has 0 unspecified atom stereocenters. The smallest absolute Gasteiger partial charge is 0.321 e. The second-order valence-corrected chi connectivity index (χ2v) is 8.39. The fourth-order valence-corrected chi connectivity index (χ4v) is 4.19. The number of nitrogens with one attached hydrogen (secondary N) is 3. The van der Waals surface area contributed by atoms with Crippen LogP contribution in [0.15, 0.2) is 78.9 Å². The van der Waals surface area contributed by atoms with Gasteiger partial charge in [0.1, 0.15) is 10.7 Å². The normalized spacial score (nSPS) is 10.5. The largest absolute Gasteiger partial charge is 0.323 e. The van der Waals surface area contributed by atoms with E-state index >= 15 is 0 Å². The third-order valence-electron chi connectivity index (χ3n) is 4.73. The number of benzene rings is 3. The van der Waals surface area contributed by atoms with E-state index in [1.54, 1.807) is 55.5 Å². The van der Waals surface area contributed by atoms with Crippen molar-refractivity contribution in [3.63, 3.8) is 0 Å². The molecule has 0 aliphatic rings. The number of nitrogens with zero attached hydrogens (tertiary/aromatic N) is 1. The van der Waals surface area contributed by atoms with E-state index in [0.29, 0.717) is 34.1 Å². The van der Waals surface area contributed by atoms with Crippen LogP contribution in [0.25, 0.3) is 0 Å². The highest BCUT2D eigenvalue weighted by atomic mass is 32.1. The van der Waals surface area contributed by atoms with Crippen LogP contribution in [0, 0.1) is 12.7 Å². The number of anilines is 3. The summed E-state index contributed by atoms with van der Waals surface area (Å²) in [6.45, 7) is 1.78. The molecule has 166 valence electrons. The van der Waals surface area contributed by atoms with Crippen LogP contribution in [-0.4, -0.2) is 16.9 Å². The molecule has 4 rings (SSSR count). The number of carbonyl (C=O) groups excluding carboxylic acids is 2. The van der Waals surface area contributed by atoms with E-state index in [2.05, 4.69) is 20.9 Å². The molecule has 1 aromatic heterocycles. The van der Waals surface area contributed by atoms with Crippen molar-refractivity contribution in [1.29, 1.82) is 0 Å². The number of hydrogen-bond donors (Lipinski definition) is 3. The first-order valence-electron chi connectivity index (χ1n) is 10.2. The van der Waals surface area contributed by atoms with E-state index in [0.717, 1.165) is 10.6 Å². The Balaban J connectivity index is 1.40. The van der Waals surface area contributed by atoms with Gasteiger partial charge < -0.3 is 16.0 Å². The van der Waals surface area contributed by atoms with Crippen molar-refractivity contribution in [1.82, 2.24) is 4.98 Å². The minimum atomic E-state index is -0.381. The van der Waals surface area contributed by atoms with Crippen molar-refractivity contribution in [2.24, 2.45) is 0 Å². The molecule has 4 aromatic rings. The summed E-state index contributed by atoms with van der Waals surface area (Å²) < 4.78 is 13.1. The average molecular weight is 461 g/mol. The van der Waals surface area contributed by atoms with E-state index in [4.69, 9.17) is 0 Å². The minimum absolute atomic E-state index is 0.277. The van der Waals surface area contributed by atoms with Crippen molar-refractivity contribution in [3.05, 3.63) is 106 Å². The third-order valence-corrected chi connectivity index (χ3v) is 5.88. The SMILES string of the molecule is Cc1nc(Cc2ccc(F)cc2)sc1C(=O)Nc1cccc(NC(=O)Nc2ccccc2)c1. The molecule has 0 atom stereocenters. The maximum absolute atomic E-state index is 13.1. The van der Waals surface area contributed by atoms with Gasteiger partial charge in [-0.25, -0.2) is 14.2 Å². The predicted octanol–water partition coefficient (Wildman–Crippen LogP) is 6.08. The first-order valence-corrected chi connectivity index (χ1v) is 11.0. The Bertz CT molecular complexity index is 1270. The molecule has 3 N–H and O–H groups in total. The van der Waals surface area contributed by atoms with Crippen LogP contribution in [0.4, 0.5) is 26.2 Å². The number of carbonyl (C=O) groups is 2. The van der Waals surface area contributed by atoms with Crippen LogP contribution in [0.1, 0.15) is 25.9 Å². The average Bonchev–Trinajstić information content (AvgIpc) is 3.16. The molecular formula is C25H21FN4O2S. The fourth-order valence-electron chi connectivity index (χ4n) is 3.19. The van der Waals surface area contributed by atoms with E-state index in [1.807, 2.05) is 18.2 Å². The number of aromatic nitrogens is 1. The number of rotatable bonds is 6. The zero-order valence-corrected chi connectivity index (χ0v) is 18.6. The van der Waals surface area contributed by atoms with Crippen molar-refractivity contribution in [2.45, 2.75) is 13.3 Å². The number of urea groups is 1. The molecular weight excluding hydrogens is 439 g/mol. The summed E-state index contributed by atoms with van der Waals surface area (Å²) in [5.41, 5.74) is 3.32. The van der Waals surface area contributed by atoms with E-state index < -0.39 is 0 Å². The molecule has 0 saturated carbocycles. The van der Waals surface area contributed by atoms with Gasteiger partial charge in [0.15, 0.2) is 0 Å². The van der Waals surface area contributed by atoms with Gasteiger partial charge in [-0.2, -0.15) is 0 Å². The Hall–Kier alpha value is -4.04. The van der Waals surface area contributed by atoms with Gasteiger partial charge in [-0.1, -0.05) is 36.4 Å². The molecule has 0 aliphatic heterocycles. The number of halogens is 1. The van der Waals surface area contributed by atoms with E-state index in [1.165, 1.54) is 23.5 Å². The Kier molecular flexibility index (Phi) is 6.75. The standard InChI is InChI=1S/C25H21FN4O2S/c1-16-23(33-22(27-16)14-17-10-12-18(26)13-11-17)24(31)28-20-8-5-9-21(15-20)30-25(32)29-19-6-3-2-4-7-19/h2-13,15H,14H2,1H3,(H,28,31)(H2,29,30,32). The van der Waals surface area contributed by atoms with Gasteiger partial charge in [0.2, 0.25) is 0 Å². The number of thiazole rings is 1. The number of hydrogen-bond acceptors (Lipinski definition) is 4. The summed E-state index contributed by atoms with van der Waals surface area (Å²) in [5.74, 6) is -0.565. The molecule has 0 radical (unpaired) electrons. The Morgan fingerprint density at radius 2 is 1.48 bits per heavy atom. The quantitative estimate of drug-likeness (QED) is 0.326. The van der Waals surface area contributed by atoms with Gasteiger partial charge in [-0.05, 0) is 55.0 Å². The van der Waals surface area contributed by atoms with E-state index in [-0.39, 0.29) is 17.8 Å². The highest BCUT2D eigenvalue weighted by Gasteiger charge is 2.16. The summed E-state index contributed by atoms with van der Waals surface area (Å²) in [6, 6.07) is 21.9. The zero-order chi connectivity index (χ0) is 23.2. The van der Waals surface area contributed by atoms with Crippen LogP contribution in [0.3, 0.4) is 0 Å². The minimum Gasteiger partial charge on any atom is -0.321 e. The number of aryl methyl sites for hydroxylation is 1. The molecule has 0 bridgehead atoms. The monoisotopic (exact) mass is 460 g/mol. The molecule has 0 fully saturated rings. The predicted molar refractivity (Wildman–Crippen MR) is 130 cm³/mol. The zero-order valence-electron chi connectivity index (χ0n) is 17.8. The highest BCUT2D eigenvalue weighted by Crippen LogP contribution is 2.23. The molecule has 0 saturated heterocycles. The third kappa shape index (κ3) is 6.02. The summed E-state index contributed by atoms with van der Waals surface area (Å²) in [4.78, 5) is 30.0. The second kappa shape index (κ2) is 10.1. The highest BCUT2D eigenvalue weighted by molar-refractivity contribution is 7.14. The maximum atomic E-state index is 13.1. The van der Waals surface area contributed by atoms with Gasteiger partial charge in [0, 0.05) is 23.5 Å².